The third-order valence-electron chi connectivity index (χ3n) is 3.59. The van der Waals surface area contributed by atoms with Crippen LogP contribution in [0.15, 0.2) is 16.7 Å². The summed E-state index contributed by atoms with van der Waals surface area (Å²) >= 11 is 3.37. The Kier molecular flexibility index (Phi) is 5.22. The maximum absolute atomic E-state index is 12.7. The Morgan fingerprint density at radius 1 is 1.62 bits per heavy atom. The zero-order valence-corrected chi connectivity index (χ0v) is 14.1. The van der Waals surface area contributed by atoms with E-state index in [4.69, 9.17) is 0 Å². The summed E-state index contributed by atoms with van der Waals surface area (Å²) in [6, 6.07) is 1.79. The van der Waals surface area contributed by atoms with Crippen molar-refractivity contribution in [3.8, 4) is 0 Å². The predicted octanol–water partition coefficient (Wildman–Crippen LogP) is 2.65. The summed E-state index contributed by atoms with van der Waals surface area (Å²) in [6.07, 6.45) is 4.19. The van der Waals surface area contributed by atoms with E-state index in [1.165, 1.54) is 0 Å². The number of anilines is 1. The van der Waals surface area contributed by atoms with E-state index in [1.807, 2.05) is 0 Å². The highest BCUT2D eigenvalue weighted by Gasteiger charge is 2.32. The smallest absolute Gasteiger partial charge is 0.257 e. The standard InChI is InChI=1S/C15H22BrN3O2/c1-3-6-17-13-12(8-11(16)9-18-13)14(20)19-7-4-5-15(2,21)10-19/h8-9,21H,3-7,10H2,1-2H3,(H,17,18). The number of likely N-dealkylation sites (tertiary alicyclic amines) is 1. The van der Waals surface area contributed by atoms with Gasteiger partial charge in [-0.1, -0.05) is 6.92 Å². The summed E-state index contributed by atoms with van der Waals surface area (Å²) in [7, 11) is 0. The molecule has 0 spiro atoms. The Balaban J connectivity index is 2.23. The average molecular weight is 356 g/mol. The van der Waals surface area contributed by atoms with E-state index in [0.717, 1.165) is 30.3 Å². The van der Waals surface area contributed by atoms with Crippen molar-refractivity contribution in [3.05, 3.63) is 22.3 Å². The molecule has 1 amide bonds. The van der Waals surface area contributed by atoms with Crippen molar-refractivity contribution in [2.24, 2.45) is 0 Å². The van der Waals surface area contributed by atoms with Crippen LogP contribution in [0.25, 0.3) is 0 Å². The van der Waals surface area contributed by atoms with Crippen LogP contribution < -0.4 is 5.32 Å². The number of β-amino-alcohol motifs (C(OH)–C–C–N with tert-alkyl or cyclic N) is 1. The van der Waals surface area contributed by atoms with Crippen molar-refractivity contribution < 1.29 is 9.90 Å². The van der Waals surface area contributed by atoms with Crippen LogP contribution in [-0.2, 0) is 0 Å². The lowest BCUT2D eigenvalue weighted by atomic mass is 9.94. The molecule has 21 heavy (non-hydrogen) atoms. The molecule has 0 bridgehead atoms. The number of aliphatic hydroxyl groups is 1. The van der Waals surface area contributed by atoms with Gasteiger partial charge in [0, 0.05) is 30.3 Å². The normalized spacial score (nSPS) is 22.2. The Bertz CT molecular complexity index is 520. The molecular weight excluding hydrogens is 334 g/mol. The number of hydrogen-bond acceptors (Lipinski definition) is 4. The van der Waals surface area contributed by atoms with Gasteiger partial charge in [-0.05, 0) is 48.2 Å². The lowest BCUT2D eigenvalue weighted by Crippen LogP contribution is -2.48. The van der Waals surface area contributed by atoms with Crippen LogP contribution in [0.1, 0.15) is 43.5 Å². The van der Waals surface area contributed by atoms with Crippen LogP contribution in [-0.4, -0.2) is 46.1 Å². The fourth-order valence-corrected chi connectivity index (χ4v) is 2.88. The van der Waals surface area contributed by atoms with Crippen LogP contribution in [0.3, 0.4) is 0 Å². The van der Waals surface area contributed by atoms with Gasteiger partial charge in [-0.3, -0.25) is 4.79 Å². The van der Waals surface area contributed by atoms with Crippen molar-refractivity contribution in [2.75, 3.05) is 25.0 Å². The Labute approximate surface area is 133 Å². The number of carbonyl (C=O) groups excluding carboxylic acids is 1. The molecule has 5 nitrogen and oxygen atoms in total. The molecule has 1 aromatic heterocycles. The van der Waals surface area contributed by atoms with Crippen LogP contribution in [0.4, 0.5) is 5.82 Å². The number of piperidine rings is 1. The van der Waals surface area contributed by atoms with Gasteiger partial charge in [0.25, 0.3) is 5.91 Å². The third-order valence-corrected chi connectivity index (χ3v) is 4.02. The Morgan fingerprint density at radius 3 is 3.05 bits per heavy atom. The monoisotopic (exact) mass is 355 g/mol. The van der Waals surface area contributed by atoms with E-state index in [0.29, 0.717) is 24.5 Å². The summed E-state index contributed by atoms with van der Waals surface area (Å²) in [5.74, 6) is 0.526. The number of hydrogen-bond donors (Lipinski definition) is 2. The Hall–Kier alpha value is -1.14. The van der Waals surface area contributed by atoms with Crippen LogP contribution >= 0.6 is 15.9 Å². The number of pyridine rings is 1. The van der Waals surface area contributed by atoms with Crippen molar-refractivity contribution in [1.82, 2.24) is 9.88 Å². The first kappa shape index (κ1) is 16.2. The van der Waals surface area contributed by atoms with Gasteiger partial charge in [-0.2, -0.15) is 0 Å². The molecule has 0 aromatic carbocycles. The van der Waals surface area contributed by atoms with Crippen LogP contribution in [0, 0.1) is 0 Å². The first-order valence-corrected chi connectivity index (χ1v) is 8.13. The zero-order valence-electron chi connectivity index (χ0n) is 12.5. The highest BCUT2D eigenvalue weighted by molar-refractivity contribution is 9.10. The van der Waals surface area contributed by atoms with E-state index in [9.17, 15) is 9.90 Å². The fourth-order valence-electron chi connectivity index (χ4n) is 2.55. The number of carbonyl (C=O) groups is 1. The first-order chi connectivity index (χ1) is 9.93. The molecular formula is C15H22BrN3O2. The van der Waals surface area contributed by atoms with Crippen LogP contribution in [0.5, 0.6) is 0 Å². The lowest BCUT2D eigenvalue weighted by Gasteiger charge is -2.37. The van der Waals surface area contributed by atoms with Gasteiger partial charge in [-0.15, -0.1) is 0 Å². The Morgan fingerprint density at radius 2 is 2.38 bits per heavy atom. The quantitative estimate of drug-likeness (QED) is 0.871. The molecule has 2 N–H and O–H groups in total. The third kappa shape index (κ3) is 4.17. The molecule has 116 valence electrons. The molecule has 1 aliphatic heterocycles. The second kappa shape index (κ2) is 6.75. The van der Waals surface area contributed by atoms with Crippen molar-refractivity contribution in [2.45, 2.75) is 38.7 Å². The highest BCUT2D eigenvalue weighted by Crippen LogP contribution is 2.25. The number of amides is 1. The van der Waals surface area contributed by atoms with Gasteiger partial charge in [0.1, 0.15) is 5.82 Å². The molecule has 0 saturated carbocycles. The number of nitrogens with zero attached hydrogens (tertiary/aromatic N) is 2. The van der Waals surface area contributed by atoms with E-state index >= 15 is 0 Å². The summed E-state index contributed by atoms with van der Waals surface area (Å²) < 4.78 is 0.775. The fraction of sp³-hybridized carbons (Fsp3) is 0.600. The molecule has 1 aliphatic rings. The molecule has 2 heterocycles. The first-order valence-electron chi connectivity index (χ1n) is 7.34. The second-order valence-electron chi connectivity index (χ2n) is 5.80. The topological polar surface area (TPSA) is 65.5 Å². The maximum atomic E-state index is 12.7. The molecule has 1 aromatic rings. The summed E-state index contributed by atoms with van der Waals surface area (Å²) in [6.45, 7) is 5.66. The second-order valence-corrected chi connectivity index (χ2v) is 6.72. The molecule has 1 atom stereocenters. The summed E-state index contributed by atoms with van der Waals surface area (Å²) in [5, 5.41) is 13.4. The van der Waals surface area contributed by atoms with Crippen molar-refractivity contribution in [1.29, 1.82) is 0 Å². The van der Waals surface area contributed by atoms with E-state index in [-0.39, 0.29) is 5.91 Å². The summed E-state index contributed by atoms with van der Waals surface area (Å²) in [4.78, 5) is 18.8. The SMILES string of the molecule is CCCNc1ncc(Br)cc1C(=O)N1CCCC(C)(O)C1. The van der Waals surface area contributed by atoms with Gasteiger partial charge < -0.3 is 15.3 Å². The van der Waals surface area contributed by atoms with Gasteiger partial charge in [0.05, 0.1) is 11.2 Å². The van der Waals surface area contributed by atoms with Crippen molar-refractivity contribution >= 4 is 27.7 Å². The minimum atomic E-state index is -0.801. The molecule has 1 saturated heterocycles. The lowest BCUT2D eigenvalue weighted by molar-refractivity contribution is -0.0107. The average Bonchev–Trinajstić information content (AvgIpc) is 2.44. The van der Waals surface area contributed by atoms with Crippen molar-refractivity contribution in [3.63, 3.8) is 0 Å². The minimum absolute atomic E-state index is 0.0811. The predicted molar refractivity (Wildman–Crippen MR) is 86.5 cm³/mol. The summed E-state index contributed by atoms with van der Waals surface area (Å²) in [5.41, 5.74) is -0.250. The zero-order chi connectivity index (χ0) is 15.5. The van der Waals surface area contributed by atoms with Crippen LogP contribution in [0.2, 0.25) is 0 Å². The van der Waals surface area contributed by atoms with Gasteiger partial charge in [0.15, 0.2) is 0 Å². The number of halogens is 1. The molecule has 2 rings (SSSR count). The molecule has 0 aliphatic carbocycles. The molecule has 1 fully saturated rings. The van der Waals surface area contributed by atoms with E-state index < -0.39 is 5.60 Å². The van der Waals surface area contributed by atoms with E-state index in [1.54, 1.807) is 24.1 Å². The molecule has 0 radical (unpaired) electrons. The highest BCUT2D eigenvalue weighted by atomic mass is 79.9. The largest absolute Gasteiger partial charge is 0.388 e. The van der Waals surface area contributed by atoms with Gasteiger partial charge >= 0.3 is 0 Å². The van der Waals surface area contributed by atoms with Gasteiger partial charge in [0.2, 0.25) is 0 Å². The number of aromatic nitrogens is 1. The molecule has 6 heteroatoms. The number of rotatable bonds is 4. The van der Waals surface area contributed by atoms with E-state index in [2.05, 4.69) is 33.2 Å². The maximum Gasteiger partial charge on any atom is 0.257 e. The van der Waals surface area contributed by atoms with Gasteiger partial charge in [-0.25, -0.2) is 4.98 Å². The number of nitrogens with one attached hydrogen (secondary N) is 1. The molecule has 1 unspecified atom stereocenters. The minimum Gasteiger partial charge on any atom is -0.388 e.